The molecule has 1 unspecified atom stereocenters. The standard InChI is InChI=1S/C14H13NO2.C8H10O.C4H9NO/c16-14(17)15-10-11-5-4-8-13(9-11)12-6-2-1-3-7-12;1-7-3-5-8(9-2)6-4-7;6-4-1-2-5-3-4/h1-9,15H,10H2,(H,16,17);3-6H,1-2H3;4-6H,1-3H2. The molecule has 0 aliphatic carbocycles. The van der Waals surface area contributed by atoms with Crippen LogP contribution in [0.4, 0.5) is 4.79 Å². The maximum Gasteiger partial charge on any atom is 0.404 e. The molecule has 1 heterocycles. The zero-order chi connectivity index (χ0) is 23.2. The van der Waals surface area contributed by atoms with E-state index < -0.39 is 6.09 Å². The molecule has 1 atom stereocenters. The molecule has 1 fully saturated rings. The highest BCUT2D eigenvalue weighted by atomic mass is 16.5. The minimum absolute atomic E-state index is 0.0648. The van der Waals surface area contributed by atoms with Crippen LogP contribution in [0.2, 0.25) is 0 Å². The maximum atomic E-state index is 10.4. The van der Waals surface area contributed by atoms with Crippen LogP contribution in [0.5, 0.6) is 5.75 Å². The Hall–Kier alpha value is -3.35. The van der Waals surface area contributed by atoms with Crippen molar-refractivity contribution in [3.8, 4) is 16.9 Å². The Bertz CT molecular complexity index is 924. The summed E-state index contributed by atoms with van der Waals surface area (Å²) in [6.45, 7) is 4.16. The second-order valence-corrected chi connectivity index (χ2v) is 7.39. The van der Waals surface area contributed by atoms with Crippen LogP contribution in [-0.2, 0) is 6.54 Å². The second-order valence-electron chi connectivity index (χ2n) is 7.39. The summed E-state index contributed by atoms with van der Waals surface area (Å²) in [4.78, 5) is 10.4. The summed E-state index contributed by atoms with van der Waals surface area (Å²) in [6.07, 6.45) is -0.139. The van der Waals surface area contributed by atoms with Gasteiger partial charge in [0.25, 0.3) is 0 Å². The van der Waals surface area contributed by atoms with Crippen molar-refractivity contribution in [2.75, 3.05) is 20.2 Å². The Balaban J connectivity index is 0.000000200. The van der Waals surface area contributed by atoms with Crippen molar-refractivity contribution in [2.24, 2.45) is 0 Å². The number of β-amino-alcohol motifs (C(OH)–C–C–N with tert-alkyl or cyclic N) is 1. The normalized spacial score (nSPS) is 14.3. The Labute approximate surface area is 189 Å². The van der Waals surface area contributed by atoms with E-state index in [1.165, 1.54) is 5.56 Å². The number of aliphatic hydroxyl groups excluding tert-OH is 1. The number of hydrogen-bond donors (Lipinski definition) is 4. The van der Waals surface area contributed by atoms with Crippen LogP contribution in [-0.4, -0.2) is 42.6 Å². The Morgan fingerprint density at radius 3 is 2.25 bits per heavy atom. The molecule has 3 aromatic rings. The van der Waals surface area contributed by atoms with Crippen LogP contribution in [0.3, 0.4) is 0 Å². The molecule has 3 aromatic carbocycles. The van der Waals surface area contributed by atoms with Gasteiger partial charge in [-0.25, -0.2) is 4.79 Å². The van der Waals surface area contributed by atoms with Crippen LogP contribution in [0, 0.1) is 6.92 Å². The maximum absolute atomic E-state index is 10.4. The van der Waals surface area contributed by atoms with Crippen molar-refractivity contribution >= 4 is 6.09 Å². The number of nitrogens with one attached hydrogen (secondary N) is 2. The van der Waals surface area contributed by atoms with Crippen molar-refractivity contribution in [3.63, 3.8) is 0 Å². The number of aliphatic hydroxyl groups is 1. The monoisotopic (exact) mass is 436 g/mol. The number of benzene rings is 3. The highest BCUT2D eigenvalue weighted by Crippen LogP contribution is 2.19. The third-order valence-electron chi connectivity index (χ3n) is 4.77. The molecule has 1 amide bonds. The third-order valence-corrected chi connectivity index (χ3v) is 4.77. The van der Waals surface area contributed by atoms with E-state index in [1.54, 1.807) is 7.11 Å². The molecule has 1 aliphatic rings. The lowest BCUT2D eigenvalue weighted by molar-refractivity contribution is 0.194. The first kappa shape index (κ1) is 24.9. The zero-order valence-corrected chi connectivity index (χ0v) is 18.6. The van der Waals surface area contributed by atoms with Gasteiger partial charge in [0.15, 0.2) is 0 Å². The molecular formula is C26H32N2O4. The van der Waals surface area contributed by atoms with Crippen molar-refractivity contribution in [1.82, 2.24) is 10.6 Å². The highest BCUT2D eigenvalue weighted by Gasteiger charge is 2.08. The predicted molar refractivity (Wildman–Crippen MR) is 128 cm³/mol. The van der Waals surface area contributed by atoms with Gasteiger partial charge in [0, 0.05) is 13.1 Å². The zero-order valence-electron chi connectivity index (χ0n) is 18.6. The molecule has 0 bridgehead atoms. The van der Waals surface area contributed by atoms with Gasteiger partial charge < -0.3 is 25.6 Å². The Morgan fingerprint density at radius 1 is 1.03 bits per heavy atom. The molecule has 6 heteroatoms. The van der Waals surface area contributed by atoms with Gasteiger partial charge in [-0.2, -0.15) is 0 Å². The molecule has 4 N–H and O–H groups in total. The van der Waals surface area contributed by atoms with Crippen molar-refractivity contribution in [2.45, 2.75) is 26.0 Å². The largest absolute Gasteiger partial charge is 0.497 e. The van der Waals surface area contributed by atoms with Gasteiger partial charge >= 0.3 is 6.09 Å². The lowest BCUT2D eigenvalue weighted by atomic mass is 10.0. The van der Waals surface area contributed by atoms with E-state index >= 15 is 0 Å². The van der Waals surface area contributed by atoms with Crippen LogP contribution in [0.25, 0.3) is 11.1 Å². The summed E-state index contributed by atoms with van der Waals surface area (Å²) in [5.41, 5.74) is 4.43. The number of hydrogen-bond acceptors (Lipinski definition) is 4. The molecule has 0 spiro atoms. The number of carbonyl (C=O) groups is 1. The summed E-state index contributed by atoms with van der Waals surface area (Å²) in [6, 6.07) is 25.8. The van der Waals surface area contributed by atoms with Gasteiger partial charge in [0.05, 0.1) is 13.2 Å². The molecule has 4 rings (SSSR count). The van der Waals surface area contributed by atoms with Crippen LogP contribution >= 0.6 is 0 Å². The van der Waals surface area contributed by atoms with Crippen molar-refractivity contribution in [3.05, 3.63) is 90.0 Å². The molecule has 0 saturated carbocycles. The van der Waals surface area contributed by atoms with Gasteiger partial charge in [0.1, 0.15) is 5.75 Å². The molecule has 0 radical (unpaired) electrons. The number of aryl methyl sites for hydroxylation is 1. The average Bonchev–Trinajstić information content (AvgIpc) is 3.31. The van der Waals surface area contributed by atoms with Crippen LogP contribution < -0.4 is 15.4 Å². The molecule has 6 nitrogen and oxygen atoms in total. The molecule has 32 heavy (non-hydrogen) atoms. The molecule has 1 aliphatic heterocycles. The van der Waals surface area contributed by atoms with Crippen molar-refractivity contribution in [1.29, 1.82) is 0 Å². The molecule has 170 valence electrons. The fraction of sp³-hybridized carbons (Fsp3) is 0.269. The van der Waals surface area contributed by atoms with E-state index in [0.29, 0.717) is 6.54 Å². The van der Waals surface area contributed by atoms with Gasteiger partial charge in [-0.3, -0.25) is 0 Å². The summed E-state index contributed by atoms with van der Waals surface area (Å²) >= 11 is 0. The van der Waals surface area contributed by atoms with E-state index in [2.05, 4.69) is 17.6 Å². The number of amides is 1. The van der Waals surface area contributed by atoms with E-state index in [-0.39, 0.29) is 6.10 Å². The van der Waals surface area contributed by atoms with Gasteiger partial charge in [-0.05, 0) is 54.8 Å². The summed E-state index contributed by atoms with van der Waals surface area (Å²) in [7, 11) is 1.67. The Morgan fingerprint density at radius 2 is 1.72 bits per heavy atom. The predicted octanol–water partition coefficient (Wildman–Crippen LogP) is 4.47. The molecular weight excluding hydrogens is 404 g/mol. The fourth-order valence-corrected chi connectivity index (χ4v) is 2.98. The van der Waals surface area contributed by atoms with Gasteiger partial charge in [-0.15, -0.1) is 0 Å². The lowest BCUT2D eigenvalue weighted by Gasteiger charge is -2.05. The minimum Gasteiger partial charge on any atom is -0.497 e. The highest BCUT2D eigenvalue weighted by molar-refractivity contribution is 5.66. The minimum atomic E-state index is -1.00. The quantitative estimate of drug-likeness (QED) is 0.485. The number of methoxy groups -OCH3 is 1. The number of ether oxygens (including phenoxy) is 1. The van der Waals surface area contributed by atoms with Crippen molar-refractivity contribution < 1.29 is 19.7 Å². The lowest BCUT2D eigenvalue weighted by Crippen LogP contribution is -2.19. The smallest absolute Gasteiger partial charge is 0.404 e. The summed E-state index contributed by atoms with van der Waals surface area (Å²) in [5, 5.41) is 22.6. The SMILES string of the molecule is COc1ccc(C)cc1.O=C(O)NCc1cccc(-c2ccccc2)c1.OC1CCNC1. The topological polar surface area (TPSA) is 90.8 Å². The number of rotatable bonds is 4. The van der Waals surface area contributed by atoms with E-state index in [1.807, 2.05) is 78.9 Å². The third kappa shape index (κ3) is 9.64. The first-order valence-corrected chi connectivity index (χ1v) is 10.6. The molecule has 0 aromatic heterocycles. The van der Waals surface area contributed by atoms with E-state index in [9.17, 15) is 4.79 Å². The van der Waals surface area contributed by atoms with Crippen LogP contribution in [0.1, 0.15) is 17.5 Å². The molecule has 1 saturated heterocycles. The first-order valence-electron chi connectivity index (χ1n) is 10.6. The summed E-state index contributed by atoms with van der Waals surface area (Å²) < 4.78 is 4.97. The first-order chi connectivity index (χ1) is 15.5. The van der Waals surface area contributed by atoms with E-state index in [0.717, 1.165) is 42.0 Å². The van der Waals surface area contributed by atoms with Gasteiger partial charge in [-0.1, -0.05) is 66.2 Å². The Kier molecular flexibility index (Phi) is 10.8. The van der Waals surface area contributed by atoms with Gasteiger partial charge in [0.2, 0.25) is 0 Å². The van der Waals surface area contributed by atoms with E-state index in [4.69, 9.17) is 14.9 Å². The number of carboxylic acid groups (broad SMARTS) is 1. The average molecular weight is 437 g/mol. The fourth-order valence-electron chi connectivity index (χ4n) is 2.98. The van der Waals surface area contributed by atoms with Crippen LogP contribution in [0.15, 0.2) is 78.9 Å². The second kappa shape index (κ2) is 13.9. The summed E-state index contributed by atoms with van der Waals surface area (Å²) in [5.74, 6) is 0.917.